The first-order valence-electron chi connectivity index (χ1n) is 7.37. The lowest BCUT2D eigenvalue weighted by atomic mass is 10.1. The van der Waals surface area contributed by atoms with E-state index in [-0.39, 0.29) is 18.9 Å². The highest BCUT2D eigenvalue weighted by molar-refractivity contribution is 5.92. The van der Waals surface area contributed by atoms with Gasteiger partial charge in [-0.1, -0.05) is 35.9 Å². The number of nitrogens with one attached hydrogen (secondary N) is 1. The van der Waals surface area contributed by atoms with E-state index in [1.54, 1.807) is 0 Å². The molecule has 24 heavy (non-hydrogen) atoms. The van der Waals surface area contributed by atoms with Crippen LogP contribution in [0.4, 0.5) is 18.9 Å². The second-order valence-corrected chi connectivity index (χ2v) is 5.51. The third-order valence-electron chi connectivity index (χ3n) is 3.50. The van der Waals surface area contributed by atoms with E-state index in [2.05, 4.69) is 5.32 Å². The molecule has 0 atom stereocenters. The van der Waals surface area contributed by atoms with E-state index in [0.29, 0.717) is 0 Å². The standard InChI is InChI=1S/C18H18F3NO2/c1-12-7-8-14(13(2)9-12)10-24-11-17(23)22-16-6-4-3-5-15(16)18(19,20)21/h3-9H,10-11H2,1-2H3,(H,22,23). The molecule has 0 bridgehead atoms. The average molecular weight is 337 g/mol. The lowest BCUT2D eigenvalue weighted by molar-refractivity contribution is -0.137. The highest BCUT2D eigenvalue weighted by Crippen LogP contribution is 2.34. The summed E-state index contributed by atoms with van der Waals surface area (Å²) in [6, 6.07) is 10.7. The number of hydrogen-bond donors (Lipinski definition) is 1. The van der Waals surface area contributed by atoms with Crippen molar-refractivity contribution in [2.45, 2.75) is 26.6 Å². The summed E-state index contributed by atoms with van der Waals surface area (Å²) in [4.78, 5) is 11.8. The maximum atomic E-state index is 12.9. The topological polar surface area (TPSA) is 38.3 Å². The zero-order chi connectivity index (χ0) is 17.7. The van der Waals surface area contributed by atoms with Crippen molar-refractivity contribution in [3.05, 3.63) is 64.7 Å². The Morgan fingerprint density at radius 3 is 2.50 bits per heavy atom. The van der Waals surface area contributed by atoms with Crippen LogP contribution in [0.15, 0.2) is 42.5 Å². The smallest absolute Gasteiger partial charge is 0.367 e. The number of hydrogen-bond acceptors (Lipinski definition) is 2. The molecule has 128 valence electrons. The molecule has 2 rings (SSSR count). The third kappa shape index (κ3) is 4.83. The van der Waals surface area contributed by atoms with Gasteiger partial charge in [-0.2, -0.15) is 13.2 Å². The summed E-state index contributed by atoms with van der Waals surface area (Å²) < 4.78 is 43.9. The van der Waals surface area contributed by atoms with Crippen LogP contribution in [0.1, 0.15) is 22.3 Å². The van der Waals surface area contributed by atoms with Gasteiger partial charge in [0.1, 0.15) is 6.61 Å². The van der Waals surface area contributed by atoms with E-state index in [9.17, 15) is 18.0 Å². The Balaban J connectivity index is 1.93. The van der Waals surface area contributed by atoms with Gasteiger partial charge in [-0.15, -0.1) is 0 Å². The van der Waals surface area contributed by atoms with Gasteiger partial charge >= 0.3 is 6.18 Å². The Hall–Kier alpha value is -2.34. The molecular formula is C18H18F3NO2. The molecule has 2 aromatic carbocycles. The van der Waals surface area contributed by atoms with Crippen molar-refractivity contribution < 1.29 is 22.7 Å². The number of alkyl halides is 3. The summed E-state index contributed by atoms with van der Waals surface area (Å²) in [6.45, 7) is 3.81. The number of aryl methyl sites for hydroxylation is 2. The first kappa shape index (κ1) is 18.0. The van der Waals surface area contributed by atoms with Crippen LogP contribution in [-0.2, 0) is 22.3 Å². The van der Waals surface area contributed by atoms with E-state index in [1.165, 1.54) is 18.2 Å². The molecular weight excluding hydrogens is 319 g/mol. The van der Waals surface area contributed by atoms with Crippen LogP contribution in [-0.4, -0.2) is 12.5 Å². The fraction of sp³-hybridized carbons (Fsp3) is 0.278. The average Bonchev–Trinajstić information content (AvgIpc) is 2.49. The number of para-hydroxylation sites is 1. The van der Waals surface area contributed by atoms with Gasteiger partial charge < -0.3 is 10.1 Å². The number of carbonyl (C=O) groups is 1. The van der Waals surface area contributed by atoms with Gasteiger partial charge in [0.15, 0.2) is 0 Å². The van der Waals surface area contributed by atoms with Crippen molar-refractivity contribution in [2.75, 3.05) is 11.9 Å². The number of benzene rings is 2. The van der Waals surface area contributed by atoms with Crippen molar-refractivity contribution in [3.63, 3.8) is 0 Å². The Morgan fingerprint density at radius 1 is 1.12 bits per heavy atom. The van der Waals surface area contributed by atoms with Gasteiger partial charge in [-0.05, 0) is 37.1 Å². The SMILES string of the molecule is Cc1ccc(COCC(=O)Nc2ccccc2C(F)(F)F)c(C)c1. The van der Waals surface area contributed by atoms with E-state index < -0.39 is 17.6 Å². The lowest BCUT2D eigenvalue weighted by Crippen LogP contribution is -2.21. The molecule has 0 aromatic heterocycles. The molecule has 0 heterocycles. The Labute approximate surface area is 138 Å². The minimum atomic E-state index is -4.52. The molecule has 2 aromatic rings. The lowest BCUT2D eigenvalue weighted by Gasteiger charge is -2.13. The maximum Gasteiger partial charge on any atom is 0.418 e. The third-order valence-corrected chi connectivity index (χ3v) is 3.50. The van der Waals surface area contributed by atoms with Gasteiger partial charge in [0.25, 0.3) is 0 Å². The van der Waals surface area contributed by atoms with Gasteiger partial charge in [0.05, 0.1) is 17.9 Å². The Kier molecular flexibility index (Phi) is 5.62. The molecule has 0 fully saturated rings. The fourth-order valence-corrected chi connectivity index (χ4v) is 2.29. The van der Waals surface area contributed by atoms with Crippen molar-refractivity contribution in [1.29, 1.82) is 0 Å². The molecule has 0 aliphatic heterocycles. The summed E-state index contributed by atoms with van der Waals surface area (Å²) in [7, 11) is 0. The van der Waals surface area contributed by atoms with E-state index in [1.807, 2.05) is 32.0 Å². The van der Waals surface area contributed by atoms with Gasteiger partial charge in [0.2, 0.25) is 5.91 Å². The minimum absolute atomic E-state index is 0.223. The van der Waals surface area contributed by atoms with Crippen LogP contribution in [0.25, 0.3) is 0 Å². The predicted molar refractivity (Wildman–Crippen MR) is 85.6 cm³/mol. The summed E-state index contributed by atoms with van der Waals surface area (Å²) in [5, 5.41) is 2.24. The normalized spacial score (nSPS) is 11.4. The van der Waals surface area contributed by atoms with Crippen molar-refractivity contribution in [3.8, 4) is 0 Å². The summed E-state index contributed by atoms with van der Waals surface area (Å²) in [5.74, 6) is -0.628. The summed E-state index contributed by atoms with van der Waals surface area (Å²) in [6.07, 6.45) is -4.52. The zero-order valence-corrected chi connectivity index (χ0v) is 13.4. The van der Waals surface area contributed by atoms with Crippen molar-refractivity contribution >= 4 is 11.6 Å². The van der Waals surface area contributed by atoms with Crippen LogP contribution >= 0.6 is 0 Å². The van der Waals surface area contributed by atoms with Crippen LogP contribution in [0, 0.1) is 13.8 Å². The predicted octanol–water partition coefficient (Wildman–Crippen LogP) is 4.48. The largest absolute Gasteiger partial charge is 0.418 e. The molecule has 1 amide bonds. The second kappa shape index (κ2) is 7.49. The number of ether oxygens (including phenoxy) is 1. The molecule has 0 saturated carbocycles. The molecule has 3 nitrogen and oxygen atoms in total. The maximum absolute atomic E-state index is 12.9. The second-order valence-electron chi connectivity index (χ2n) is 5.51. The van der Waals surface area contributed by atoms with Gasteiger partial charge in [0, 0.05) is 0 Å². The first-order valence-corrected chi connectivity index (χ1v) is 7.37. The van der Waals surface area contributed by atoms with Gasteiger partial charge in [-0.25, -0.2) is 0 Å². The Bertz CT molecular complexity index is 726. The van der Waals surface area contributed by atoms with E-state index in [0.717, 1.165) is 22.8 Å². The molecule has 0 saturated heterocycles. The molecule has 0 spiro atoms. The Morgan fingerprint density at radius 2 is 1.83 bits per heavy atom. The van der Waals surface area contributed by atoms with E-state index >= 15 is 0 Å². The fourth-order valence-electron chi connectivity index (χ4n) is 2.29. The number of halogens is 3. The molecule has 0 unspecified atom stereocenters. The monoisotopic (exact) mass is 337 g/mol. The van der Waals surface area contributed by atoms with Crippen molar-refractivity contribution in [2.24, 2.45) is 0 Å². The van der Waals surface area contributed by atoms with E-state index in [4.69, 9.17) is 4.74 Å². The summed E-state index contributed by atoms with van der Waals surface area (Å²) in [5.41, 5.74) is 1.94. The first-order chi connectivity index (χ1) is 11.3. The van der Waals surface area contributed by atoms with Crippen LogP contribution in [0.3, 0.4) is 0 Å². The van der Waals surface area contributed by atoms with Crippen LogP contribution in [0.5, 0.6) is 0 Å². The molecule has 0 aliphatic carbocycles. The highest BCUT2D eigenvalue weighted by atomic mass is 19.4. The van der Waals surface area contributed by atoms with Gasteiger partial charge in [-0.3, -0.25) is 4.79 Å². The van der Waals surface area contributed by atoms with Crippen molar-refractivity contribution in [1.82, 2.24) is 0 Å². The number of anilines is 1. The molecule has 0 radical (unpaired) electrons. The zero-order valence-electron chi connectivity index (χ0n) is 13.4. The molecule has 1 N–H and O–H groups in total. The van der Waals surface area contributed by atoms with Crippen LogP contribution in [0.2, 0.25) is 0 Å². The quantitative estimate of drug-likeness (QED) is 0.874. The minimum Gasteiger partial charge on any atom is -0.367 e. The number of amides is 1. The number of rotatable bonds is 5. The molecule has 0 aliphatic rings. The molecule has 6 heteroatoms. The highest BCUT2D eigenvalue weighted by Gasteiger charge is 2.33. The summed E-state index contributed by atoms with van der Waals surface area (Å²) >= 11 is 0. The number of carbonyl (C=O) groups excluding carboxylic acids is 1. The van der Waals surface area contributed by atoms with Crippen LogP contribution < -0.4 is 5.32 Å².